The van der Waals surface area contributed by atoms with Gasteiger partial charge in [0, 0.05) is 43.3 Å². The van der Waals surface area contributed by atoms with Gasteiger partial charge in [-0.25, -0.2) is 4.79 Å². The molecule has 1 saturated heterocycles. The Hall–Kier alpha value is -3.58. The second-order valence-corrected chi connectivity index (χ2v) is 7.89. The molecule has 7 nitrogen and oxygen atoms in total. The third-order valence-electron chi connectivity index (χ3n) is 5.80. The van der Waals surface area contributed by atoms with Crippen LogP contribution in [-0.4, -0.2) is 42.9 Å². The first kappa shape index (κ1) is 21.6. The van der Waals surface area contributed by atoms with Crippen LogP contribution in [0.5, 0.6) is 5.75 Å². The lowest BCUT2D eigenvalue weighted by Crippen LogP contribution is -2.35. The van der Waals surface area contributed by atoms with Crippen LogP contribution in [0.2, 0.25) is 0 Å². The number of methoxy groups -OCH3 is 1. The van der Waals surface area contributed by atoms with Gasteiger partial charge < -0.3 is 25.4 Å². The standard InChI is InChI=1S/C25H28N4O3/c1-32-22-7-5-21(6-8-22)27-25(31)28-23-9-4-19(20-3-2-12-26-16-20)15-24(23)29-13-10-18(17-30)11-14-29/h2-9,12,15-16,18,30H,10-11,13-14,17H2,1H3,(H2,27,28,31). The molecule has 1 aliphatic heterocycles. The fourth-order valence-corrected chi connectivity index (χ4v) is 3.93. The van der Waals surface area contributed by atoms with Crippen molar-refractivity contribution < 1.29 is 14.6 Å². The molecular weight excluding hydrogens is 404 g/mol. The third kappa shape index (κ3) is 5.18. The number of ether oxygens (including phenoxy) is 1. The van der Waals surface area contributed by atoms with Gasteiger partial charge in [0.2, 0.25) is 0 Å². The van der Waals surface area contributed by atoms with E-state index in [2.05, 4.69) is 26.6 Å². The number of anilines is 3. The summed E-state index contributed by atoms with van der Waals surface area (Å²) in [4.78, 5) is 19.2. The third-order valence-corrected chi connectivity index (χ3v) is 5.80. The van der Waals surface area contributed by atoms with Gasteiger partial charge >= 0.3 is 6.03 Å². The van der Waals surface area contributed by atoms with E-state index in [0.717, 1.165) is 54.2 Å². The monoisotopic (exact) mass is 432 g/mol. The van der Waals surface area contributed by atoms with Crippen LogP contribution in [0.25, 0.3) is 11.1 Å². The fraction of sp³-hybridized carbons (Fsp3) is 0.280. The first-order valence-electron chi connectivity index (χ1n) is 10.8. The molecule has 1 fully saturated rings. The number of hydrogen-bond acceptors (Lipinski definition) is 5. The number of pyridine rings is 1. The van der Waals surface area contributed by atoms with Gasteiger partial charge in [0.05, 0.1) is 18.5 Å². The van der Waals surface area contributed by atoms with Crippen molar-refractivity contribution in [1.82, 2.24) is 4.98 Å². The SMILES string of the molecule is COc1ccc(NC(=O)Nc2ccc(-c3cccnc3)cc2N2CCC(CO)CC2)cc1. The van der Waals surface area contributed by atoms with Crippen LogP contribution >= 0.6 is 0 Å². The maximum atomic E-state index is 12.7. The number of aromatic nitrogens is 1. The summed E-state index contributed by atoms with van der Waals surface area (Å²) in [6, 6.07) is 16.8. The fourth-order valence-electron chi connectivity index (χ4n) is 3.93. The van der Waals surface area contributed by atoms with Crippen molar-refractivity contribution in [3.05, 3.63) is 67.0 Å². The van der Waals surface area contributed by atoms with Crippen molar-refractivity contribution in [2.45, 2.75) is 12.8 Å². The Bertz CT molecular complexity index is 1030. The number of amides is 2. The highest BCUT2D eigenvalue weighted by atomic mass is 16.5. The number of carbonyl (C=O) groups is 1. The number of hydrogen-bond donors (Lipinski definition) is 3. The minimum Gasteiger partial charge on any atom is -0.497 e. The number of aliphatic hydroxyl groups is 1. The number of urea groups is 1. The van der Waals surface area contributed by atoms with E-state index in [1.54, 1.807) is 37.6 Å². The second-order valence-electron chi connectivity index (χ2n) is 7.89. The molecule has 166 valence electrons. The molecule has 0 spiro atoms. The maximum Gasteiger partial charge on any atom is 0.323 e. The average Bonchev–Trinajstić information content (AvgIpc) is 2.85. The molecule has 0 atom stereocenters. The van der Waals surface area contributed by atoms with Crippen LogP contribution in [0.4, 0.5) is 21.9 Å². The molecule has 0 bridgehead atoms. The topological polar surface area (TPSA) is 86.7 Å². The number of benzene rings is 2. The number of nitrogens with one attached hydrogen (secondary N) is 2. The zero-order chi connectivity index (χ0) is 22.3. The predicted molar refractivity (Wildman–Crippen MR) is 127 cm³/mol. The van der Waals surface area contributed by atoms with E-state index in [9.17, 15) is 9.90 Å². The van der Waals surface area contributed by atoms with E-state index >= 15 is 0 Å². The van der Waals surface area contributed by atoms with Crippen molar-refractivity contribution in [2.75, 3.05) is 42.3 Å². The molecule has 2 amide bonds. The van der Waals surface area contributed by atoms with Crippen LogP contribution < -0.4 is 20.3 Å². The summed E-state index contributed by atoms with van der Waals surface area (Å²) >= 11 is 0. The molecular formula is C25H28N4O3. The zero-order valence-corrected chi connectivity index (χ0v) is 18.1. The summed E-state index contributed by atoms with van der Waals surface area (Å²) in [5.74, 6) is 1.07. The highest BCUT2D eigenvalue weighted by Crippen LogP contribution is 2.34. The molecule has 0 aliphatic carbocycles. The van der Waals surface area contributed by atoms with Crippen LogP contribution in [0.15, 0.2) is 67.0 Å². The van der Waals surface area contributed by atoms with Crippen molar-refractivity contribution >= 4 is 23.1 Å². The van der Waals surface area contributed by atoms with Gasteiger partial charge in [-0.3, -0.25) is 4.98 Å². The van der Waals surface area contributed by atoms with Gasteiger partial charge in [-0.15, -0.1) is 0 Å². The Morgan fingerprint density at radius 1 is 1.09 bits per heavy atom. The summed E-state index contributed by atoms with van der Waals surface area (Å²) < 4.78 is 5.16. The predicted octanol–water partition coefficient (Wildman–Crippen LogP) is 4.61. The molecule has 2 aromatic carbocycles. The molecule has 1 aliphatic rings. The Morgan fingerprint density at radius 2 is 1.88 bits per heavy atom. The van der Waals surface area contributed by atoms with E-state index in [4.69, 9.17) is 4.74 Å². The van der Waals surface area contributed by atoms with E-state index in [1.807, 2.05) is 30.5 Å². The number of rotatable bonds is 6. The maximum absolute atomic E-state index is 12.7. The van der Waals surface area contributed by atoms with Crippen molar-refractivity contribution in [3.63, 3.8) is 0 Å². The quantitative estimate of drug-likeness (QED) is 0.530. The lowest BCUT2D eigenvalue weighted by atomic mass is 9.96. The van der Waals surface area contributed by atoms with Crippen LogP contribution in [-0.2, 0) is 0 Å². The van der Waals surface area contributed by atoms with Gasteiger partial charge in [-0.1, -0.05) is 12.1 Å². The Morgan fingerprint density at radius 3 is 2.53 bits per heavy atom. The highest BCUT2D eigenvalue weighted by molar-refractivity contribution is 6.02. The molecule has 3 aromatic rings. The summed E-state index contributed by atoms with van der Waals surface area (Å²) in [6.45, 7) is 1.88. The Labute approximate surface area is 188 Å². The van der Waals surface area contributed by atoms with Gasteiger partial charge in [0.25, 0.3) is 0 Å². The highest BCUT2D eigenvalue weighted by Gasteiger charge is 2.22. The lowest BCUT2D eigenvalue weighted by molar-refractivity contribution is 0.203. The largest absolute Gasteiger partial charge is 0.497 e. The summed E-state index contributed by atoms with van der Waals surface area (Å²) in [7, 11) is 1.61. The van der Waals surface area contributed by atoms with Crippen LogP contribution in [0.1, 0.15) is 12.8 Å². The normalized spacial score (nSPS) is 14.1. The summed E-state index contributed by atoms with van der Waals surface area (Å²) in [5.41, 5.74) is 4.45. The van der Waals surface area contributed by atoms with Gasteiger partial charge in [0.15, 0.2) is 0 Å². The molecule has 3 N–H and O–H groups in total. The molecule has 2 heterocycles. The number of carbonyl (C=O) groups excluding carboxylic acids is 1. The summed E-state index contributed by atoms with van der Waals surface area (Å²) in [6.07, 6.45) is 5.43. The van der Waals surface area contributed by atoms with E-state index in [-0.39, 0.29) is 12.6 Å². The zero-order valence-electron chi connectivity index (χ0n) is 18.1. The number of piperidine rings is 1. The first-order valence-corrected chi connectivity index (χ1v) is 10.8. The van der Waals surface area contributed by atoms with Gasteiger partial charge in [-0.2, -0.15) is 0 Å². The molecule has 7 heteroatoms. The minimum atomic E-state index is -0.309. The molecule has 32 heavy (non-hydrogen) atoms. The molecule has 1 aromatic heterocycles. The first-order chi connectivity index (χ1) is 15.7. The van der Waals surface area contributed by atoms with E-state index < -0.39 is 0 Å². The number of aliphatic hydroxyl groups excluding tert-OH is 1. The van der Waals surface area contributed by atoms with Crippen LogP contribution in [0.3, 0.4) is 0 Å². The van der Waals surface area contributed by atoms with E-state index in [1.165, 1.54) is 0 Å². The average molecular weight is 433 g/mol. The molecule has 0 saturated carbocycles. The summed E-state index contributed by atoms with van der Waals surface area (Å²) in [5, 5.41) is 15.4. The molecule has 0 unspecified atom stereocenters. The second kappa shape index (κ2) is 10.2. The molecule has 4 rings (SSSR count). The van der Waals surface area contributed by atoms with Crippen molar-refractivity contribution in [3.8, 4) is 16.9 Å². The van der Waals surface area contributed by atoms with Gasteiger partial charge in [-0.05, 0) is 66.8 Å². The number of nitrogens with zero attached hydrogens (tertiary/aromatic N) is 2. The van der Waals surface area contributed by atoms with E-state index in [0.29, 0.717) is 11.6 Å². The smallest absolute Gasteiger partial charge is 0.323 e. The van der Waals surface area contributed by atoms with Gasteiger partial charge in [0.1, 0.15) is 5.75 Å². The van der Waals surface area contributed by atoms with Crippen LogP contribution in [0, 0.1) is 5.92 Å². The van der Waals surface area contributed by atoms with Crippen molar-refractivity contribution in [2.24, 2.45) is 5.92 Å². The molecule has 0 radical (unpaired) electrons. The Kier molecular flexibility index (Phi) is 6.87. The Balaban J connectivity index is 1.56. The minimum absolute atomic E-state index is 0.221. The lowest BCUT2D eigenvalue weighted by Gasteiger charge is -2.34. The van der Waals surface area contributed by atoms with Crippen molar-refractivity contribution in [1.29, 1.82) is 0 Å².